The summed E-state index contributed by atoms with van der Waals surface area (Å²) in [7, 11) is 1.29. The smallest absolute Gasteiger partial charge is 0.407 e. The topological polar surface area (TPSA) is 146 Å². The molecule has 0 fully saturated rings. The van der Waals surface area contributed by atoms with Crippen molar-refractivity contribution in [1.82, 2.24) is 5.32 Å². The lowest BCUT2D eigenvalue weighted by Gasteiger charge is -2.23. The molecular weight excluding hydrogens is 358 g/mol. The van der Waals surface area contributed by atoms with Crippen LogP contribution in [0, 0.1) is 0 Å². The minimum atomic E-state index is -1.58. The predicted octanol–water partition coefficient (Wildman–Crippen LogP) is 1.42. The Kier molecular flexibility index (Phi) is 7.62. The van der Waals surface area contributed by atoms with Crippen LogP contribution in [0.5, 0.6) is 11.5 Å². The first-order chi connectivity index (χ1) is 12.4. The molecule has 1 amide bonds. The van der Waals surface area contributed by atoms with Crippen LogP contribution in [0.3, 0.4) is 0 Å². The molecule has 0 aliphatic rings. The first-order valence-corrected chi connectivity index (χ1v) is 8.09. The van der Waals surface area contributed by atoms with Gasteiger partial charge in [0.25, 0.3) is 0 Å². The molecule has 0 aliphatic carbocycles. The summed E-state index contributed by atoms with van der Waals surface area (Å²) >= 11 is 0. The van der Waals surface area contributed by atoms with Gasteiger partial charge in [0, 0.05) is 18.2 Å². The molecule has 0 spiro atoms. The van der Waals surface area contributed by atoms with Crippen molar-refractivity contribution in [1.29, 1.82) is 0 Å². The molecule has 0 radical (unpaired) electrons. The number of amides is 1. The molecule has 9 nitrogen and oxygen atoms in total. The molecule has 0 bridgehead atoms. The highest BCUT2D eigenvalue weighted by molar-refractivity contribution is 5.85. The zero-order valence-electron chi connectivity index (χ0n) is 15.6. The summed E-state index contributed by atoms with van der Waals surface area (Å²) < 4.78 is 10.0. The number of carboxylic acid groups (broad SMARTS) is 1. The van der Waals surface area contributed by atoms with Gasteiger partial charge in [-0.3, -0.25) is 0 Å². The summed E-state index contributed by atoms with van der Waals surface area (Å²) in [6.07, 6.45) is -1.69. The normalized spacial score (nSPS) is 13.9. The lowest BCUT2D eigenvalue weighted by molar-refractivity contribution is -0.131. The highest BCUT2D eigenvalue weighted by atomic mass is 16.6. The van der Waals surface area contributed by atoms with Crippen LogP contribution in [0.4, 0.5) is 4.79 Å². The summed E-state index contributed by atoms with van der Waals surface area (Å²) in [6.45, 7) is 4.70. The summed E-state index contributed by atoms with van der Waals surface area (Å²) in [4.78, 5) is 22.3. The zero-order chi connectivity index (χ0) is 20.8. The van der Waals surface area contributed by atoms with Crippen LogP contribution in [0.25, 0.3) is 6.08 Å². The van der Waals surface area contributed by atoms with Gasteiger partial charge in [0.05, 0.1) is 7.11 Å². The van der Waals surface area contributed by atoms with Crippen molar-refractivity contribution < 1.29 is 39.5 Å². The number of carboxylic acids is 1. The minimum absolute atomic E-state index is 0.0103. The maximum atomic E-state index is 11.6. The highest BCUT2D eigenvalue weighted by Crippen LogP contribution is 2.36. The Labute approximate surface area is 156 Å². The third-order valence-corrected chi connectivity index (χ3v) is 3.30. The Morgan fingerprint density at radius 3 is 2.41 bits per heavy atom. The number of aliphatic hydroxyl groups is 2. The van der Waals surface area contributed by atoms with Crippen LogP contribution < -0.4 is 10.1 Å². The number of nitrogens with one attached hydrogen (secondary N) is 1. The highest BCUT2D eigenvalue weighted by Gasteiger charge is 2.25. The van der Waals surface area contributed by atoms with Gasteiger partial charge in [-0.2, -0.15) is 0 Å². The van der Waals surface area contributed by atoms with Crippen molar-refractivity contribution in [3.8, 4) is 11.5 Å². The van der Waals surface area contributed by atoms with Crippen LogP contribution in [-0.2, 0) is 9.53 Å². The molecule has 0 saturated carbocycles. The second-order valence-electron chi connectivity index (χ2n) is 6.73. The number of aromatic hydroxyl groups is 1. The van der Waals surface area contributed by atoms with Crippen molar-refractivity contribution in [2.24, 2.45) is 0 Å². The molecule has 1 rings (SSSR count). The Morgan fingerprint density at radius 2 is 1.89 bits per heavy atom. The van der Waals surface area contributed by atoms with Gasteiger partial charge in [-0.15, -0.1) is 0 Å². The summed E-state index contributed by atoms with van der Waals surface area (Å²) in [5.74, 6) is -1.59. The van der Waals surface area contributed by atoms with Gasteiger partial charge in [0.2, 0.25) is 0 Å². The average molecular weight is 383 g/mol. The number of alkyl carbamates (subject to hydrolysis) is 1. The number of carbonyl (C=O) groups is 2. The fourth-order valence-electron chi connectivity index (χ4n) is 2.12. The van der Waals surface area contributed by atoms with E-state index >= 15 is 0 Å². The van der Waals surface area contributed by atoms with Gasteiger partial charge < -0.3 is 35.2 Å². The lowest BCUT2D eigenvalue weighted by Crippen LogP contribution is -2.38. The first-order valence-electron chi connectivity index (χ1n) is 8.09. The number of hydrogen-bond donors (Lipinski definition) is 5. The maximum Gasteiger partial charge on any atom is 0.407 e. The zero-order valence-corrected chi connectivity index (χ0v) is 15.6. The molecule has 27 heavy (non-hydrogen) atoms. The summed E-state index contributed by atoms with van der Waals surface area (Å²) in [6, 6.07) is 2.68. The first kappa shape index (κ1) is 22.3. The van der Waals surface area contributed by atoms with E-state index in [-0.39, 0.29) is 17.9 Å². The van der Waals surface area contributed by atoms with Crippen molar-refractivity contribution in [2.45, 2.75) is 38.6 Å². The van der Waals surface area contributed by atoms with E-state index in [0.29, 0.717) is 5.56 Å². The van der Waals surface area contributed by atoms with Gasteiger partial charge in [0.1, 0.15) is 17.8 Å². The van der Waals surface area contributed by atoms with E-state index in [2.05, 4.69) is 5.32 Å². The third kappa shape index (κ3) is 7.16. The quantitative estimate of drug-likeness (QED) is 0.444. The van der Waals surface area contributed by atoms with Crippen LogP contribution in [-0.4, -0.2) is 57.8 Å². The number of aliphatic hydroxyl groups excluding tert-OH is 2. The van der Waals surface area contributed by atoms with Crippen molar-refractivity contribution in [2.75, 3.05) is 13.7 Å². The summed E-state index contributed by atoms with van der Waals surface area (Å²) in [5, 5.41) is 41.7. The molecule has 2 unspecified atom stereocenters. The maximum absolute atomic E-state index is 11.6. The van der Waals surface area contributed by atoms with E-state index in [4.69, 9.17) is 14.6 Å². The van der Waals surface area contributed by atoms with Crippen molar-refractivity contribution >= 4 is 18.1 Å². The molecule has 0 saturated heterocycles. The van der Waals surface area contributed by atoms with Gasteiger partial charge in [-0.1, -0.05) is 0 Å². The second kappa shape index (κ2) is 9.24. The standard InChI is InChI=1S/C18H25NO8/c1-18(2,3)27-17(25)19-9-12(20)15(23)11-7-10(5-6-14(21)22)8-13(26-4)16(11)24/h5-8,12,15,20,23-24H,9H2,1-4H3,(H,19,25)(H,21,22). The van der Waals surface area contributed by atoms with Gasteiger partial charge in [-0.05, 0) is 44.5 Å². The Bertz CT molecular complexity index is 708. The summed E-state index contributed by atoms with van der Waals surface area (Å²) in [5.41, 5.74) is -0.476. The SMILES string of the molecule is COc1cc(C=CC(=O)O)cc(C(O)C(O)CNC(=O)OC(C)(C)C)c1O. The lowest BCUT2D eigenvalue weighted by atomic mass is 9.99. The van der Waals surface area contributed by atoms with E-state index in [1.807, 2.05) is 0 Å². The molecule has 5 N–H and O–H groups in total. The molecule has 1 aromatic carbocycles. The molecule has 0 heterocycles. The monoisotopic (exact) mass is 383 g/mol. The molecule has 1 aromatic rings. The van der Waals surface area contributed by atoms with Crippen LogP contribution in [0.2, 0.25) is 0 Å². The molecule has 150 valence electrons. The largest absolute Gasteiger partial charge is 0.504 e. The fourth-order valence-corrected chi connectivity index (χ4v) is 2.12. The number of phenolic OH excluding ortho intramolecular Hbond substituents is 1. The van der Waals surface area contributed by atoms with Gasteiger partial charge in [0.15, 0.2) is 11.5 Å². The second-order valence-corrected chi connectivity index (χ2v) is 6.73. The molecule has 2 atom stereocenters. The number of hydrogen-bond acceptors (Lipinski definition) is 7. The molecule has 0 aliphatic heterocycles. The Balaban J connectivity index is 2.97. The average Bonchev–Trinajstić information content (AvgIpc) is 2.56. The van der Waals surface area contributed by atoms with E-state index in [9.17, 15) is 24.9 Å². The van der Waals surface area contributed by atoms with Crippen LogP contribution in [0.15, 0.2) is 18.2 Å². The van der Waals surface area contributed by atoms with Crippen molar-refractivity contribution in [3.05, 3.63) is 29.3 Å². The van der Waals surface area contributed by atoms with E-state index in [0.717, 1.165) is 6.08 Å². The van der Waals surface area contributed by atoms with Crippen LogP contribution in [0.1, 0.15) is 38.0 Å². The van der Waals surface area contributed by atoms with E-state index < -0.39 is 35.6 Å². The van der Waals surface area contributed by atoms with Gasteiger partial charge >= 0.3 is 12.1 Å². The number of rotatable bonds is 7. The predicted molar refractivity (Wildman–Crippen MR) is 96.5 cm³/mol. The third-order valence-electron chi connectivity index (χ3n) is 3.30. The van der Waals surface area contributed by atoms with Crippen LogP contribution >= 0.6 is 0 Å². The molecular formula is C18H25NO8. The number of benzene rings is 1. The number of carbonyl (C=O) groups excluding carboxylic acids is 1. The number of ether oxygens (including phenoxy) is 2. The van der Waals surface area contributed by atoms with Gasteiger partial charge in [-0.25, -0.2) is 9.59 Å². The molecule has 9 heteroatoms. The number of phenols is 1. The van der Waals surface area contributed by atoms with E-state index in [1.54, 1.807) is 20.8 Å². The van der Waals surface area contributed by atoms with Crippen molar-refractivity contribution in [3.63, 3.8) is 0 Å². The minimum Gasteiger partial charge on any atom is -0.504 e. The molecule has 0 aromatic heterocycles. The fraction of sp³-hybridized carbons (Fsp3) is 0.444. The Morgan fingerprint density at radius 1 is 1.26 bits per heavy atom. The number of aliphatic carboxylic acids is 1. The number of methoxy groups -OCH3 is 1. The van der Waals surface area contributed by atoms with E-state index in [1.165, 1.54) is 25.3 Å². The Hall–Kier alpha value is -2.78.